The first-order valence-electron chi connectivity index (χ1n) is 5.62. The van der Waals surface area contributed by atoms with Gasteiger partial charge < -0.3 is 15.2 Å². The van der Waals surface area contributed by atoms with E-state index in [-0.39, 0.29) is 17.7 Å². The number of carboxylic acid groups (broad SMARTS) is 1. The Kier molecular flexibility index (Phi) is 5.44. The van der Waals surface area contributed by atoms with Gasteiger partial charge >= 0.3 is 0 Å². The molecule has 19 heavy (non-hydrogen) atoms. The van der Waals surface area contributed by atoms with Gasteiger partial charge in [0.2, 0.25) is 0 Å². The molecule has 6 heteroatoms. The van der Waals surface area contributed by atoms with E-state index in [1.807, 2.05) is 6.92 Å². The normalized spacial score (nSPS) is 9.79. The first-order valence-corrected chi connectivity index (χ1v) is 6.60. The molecular formula is C13H15NO4S. The molecule has 0 aliphatic heterocycles. The second-order valence-electron chi connectivity index (χ2n) is 3.65. The zero-order valence-corrected chi connectivity index (χ0v) is 11.5. The van der Waals surface area contributed by atoms with Crippen molar-refractivity contribution in [1.82, 2.24) is 4.98 Å². The Morgan fingerprint density at radius 2 is 2.05 bits per heavy atom. The lowest BCUT2D eigenvalue weighted by atomic mass is 10.1. The Bertz CT molecular complexity index is 636. The van der Waals surface area contributed by atoms with Gasteiger partial charge in [-0.05, 0) is 24.8 Å². The molecule has 1 aromatic carbocycles. The zero-order valence-electron chi connectivity index (χ0n) is 10.6. The van der Waals surface area contributed by atoms with Crippen molar-refractivity contribution in [3.8, 4) is 5.75 Å². The number of phenols is 1. The Morgan fingerprint density at radius 1 is 1.42 bits per heavy atom. The summed E-state index contributed by atoms with van der Waals surface area (Å²) in [6.07, 6.45) is 0. The van der Waals surface area contributed by atoms with Gasteiger partial charge in [0.15, 0.2) is 5.43 Å². The van der Waals surface area contributed by atoms with Crippen LogP contribution in [0.1, 0.15) is 12.5 Å². The van der Waals surface area contributed by atoms with Crippen LogP contribution in [0.15, 0.2) is 28.0 Å². The Morgan fingerprint density at radius 3 is 2.63 bits per heavy atom. The highest BCUT2D eigenvalue weighted by atomic mass is 32.2. The number of rotatable bonds is 2. The summed E-state index contributed by atoms with van der Waals surface area (Å²) in [5.41, 5.74) is 1.22. The van der Waals surface area contributed by atoms with Gasteiger partial charge in [0.1, 0.15) is 5.75 Å². The average molecular weight is 281 g/mol. The van der Waals surface area contributed by atoms with Gasteiger partial charge in [-0.3, -0.25) is 9.59 Å². The molecule has 2 aromatic rings. The lowest BCUT2D eigenvalue weighted by Crippen LogP contribution is -2.09. The fourth-order valence-electron chi connectivity index (χ4n) is 1.66. The van der Waals surface area contributed by atoms with Crippen molar-refractivity contribution in [3.63, 3.8) is 0 Å². The number of carbonyl (C=O) groups is 1. The van der Waals surface area contributed by atoms with Crippen molar-refractivity contribution >= 4 is 29.1 Å². The highest BCUT2D eigenvalue weighted by molar-refractivity contribution is 7.99. The summed E-state index contributed by atoms with van der Waals surface area (Å²) in [6.45, 7) is 3.58. The number of pyridine rings is 1. The van der Waals surface area contributed by atoms with Gasteiger partial charge in [-0.1, -0.05) is 13.0 Å². The van der Waals surface area contributed by atoms with E-state index in [0.717, 1.165) is 10.8 Å². The third-order valence-electron chi connectivity index (χ3n) is 2.50. The summed E-state index contributed by atoms with van der Waals surface area (Å²) >= 11 is 1.57. The highest BCUT2D eigenvalue weighted by Gasteiger charge is 2.10. The van der Waals surface area contributed by atoms with Crippen LogP contribution in [-0.2, 0) is 4.79 Å². The van der Waals surface area contributed by atoms with Crippen molar-refractivity contribution in [1.29, 1.82) is 0 Å². The molecule has 0 amide bonds. The molecule has 1 aromatic heterocycles. The van der Waals surface area contributed by atoms with E-state index in [1.165, 1.54) is 0 Å². The molecule has 0 radical (unpaired) electrons. The summed E-state index contributed by atoms with van der Waals surface area (Å²) in [5, 5.41) is 18.0. The Hall–Kier alpha value is -1.95. The van der Waals surface area contributed by atoms with E-state index in [0.29, 0.717) is 16.5 Å². The van der Waals surface area contributed by atoms with E-state index in [1.54, 1.807) is 36.9 Å². The second-order valence-corrected chi connectivity index (χ2v) is 4.92. The van der Waals surface area contributed by atoms with Crippen LogP contribution in [0.25, 0.3) is 10.9 Å². The number of fused-ring (bicyclic) bond motifs is 1. The number of phenolic OH excluding ortho intramolecular Hbond substituents is 1. The van der Waals surface area contributed by atoms with Crippen LogP contribution in [0, 0.1) is 6.92 Å². The minimum absolute atomic E-state index is 0.0133. The van der Waals surface area contributed by atoms with Crippen molar-refractivity contribution in [2.24, 2.45) is 0 Å². The van der Waals surface area contributed by atoms with Crippen LogP contribution in [0.2, 0.25) is 0 Å². The van der Waals surface area contributed by atoms with Crippen LogP contribution in [0.3, 0.4) is 0 Å². The number of aromatic nitrogens is 1. The van der Waals surface area contributed by atoms with E-state index in [4.69, 9.17) is 9.90 Å². The van der Waals surface area contributed by atoms with Crippen molar-refractivity contribution in [2.75, 3.05) is 5.75 Å². The molecule has 1 heterocycles. The predicted octanol–water partition coefficient (Wildman–Crippen LogP) is 2.35. The van der Waals surface area contributed by atoms with Crippen LogP contribution >= 0.6 is 11.8 Å². The second kappa shape index (κ2) is 6.84. The van der Waals surface area contributed by atoms with Crippen LogP contribution < -0.4 is 5.43 Å². The Balaban J connectivity index is 0.000000550. The summed E-state index contributed by atoms with van der Waals surface area (Å²) in [4.78, 5) is 23.5. The largest absolute Gasteiger partial charge is 0.506 e. The maximum absolute atomic E-state index is 12.0. The molecule has 0 fully saturated rings. The van der Waals surface area contributed by atoms with Crippen LogP contribution in [0.5, 0.6) is 5.75 Å². The number of aromatic hydroxyl groups is 1. The number of thioether (sulfide) groups is 1. The lowest BCUT2D eigenvalue weighted by molar-refractivity contribution is -0.122. The smallest absolute Gasteiger partial charge is 0.290 e. The van der Waals surface area contributed by atoms with Gasteiger partial charge in [0, 0.05) is 10.9 Å². The molecule has 0 bridgehead atoms. The molecule has 3 N–H and O–H groups in total. The SMILES string of the molecule is CCSc1[nH]c2c(O)cccc2c(=O)c1C.O=CO. The number of benzene rings is 1. The minimum Gasteiger partial charge on any atom is -0.506 e. The van der Waals surface area contributed by atoms with Crippen LogP contribution in [0.4, 0.5) is 0 Å². The molecule has 0 spiro atoms. The molecular weight excluding hydrogens is 266 g/mol. The lowest BCUT2D eigenvalue weighted by Gasteiger charge is -2.07. The molecule has 0 aliphatic carbocycles. The molecule has 5 nitrogen and oxygen atoms in total. The molecule has 0 atom stereocenters. The van der Waals surface area contributed by atoms with Gasteiger partial charge in [0.05, 0.1) is 10.5 Å². The number of hydrogen-bond acceptors (Lipinski definition) is 4. The first kappa shape index (κ1) is 15.1. The van der Waals surface area contributed by atoms with Crippen molar-refractivity contribution in [2.45, 2.75) is 18.9 Å². The predicted molar refractivity (Wildman–Crippen MR) is 76.1 cm³/mol. The topological polar surface area (TPSA) is 90.4 Å². The summed E-state index contributed by atoms with van der Waals surface area (Å²) < 4.78 is 0. The van der Waals surface area contributed by atoms with Gasteiger partial charge in [0.25, 0.3) is 6.47 Å². The monoisotopic (exact) mass is 281 g/mol. The van der Waals surface area contributed by atoms with E-state index in [9.17, 15) is 9.90 Å². The number of H-pyrrole nitrogens is 1. The fourth-order valence-corrected chi connectivity index (χ4v) is 2.43. The van der Waals surface area contributed by atoms with E-state index >= 15 is 0 Å². The van der Waals surface area contributed by atoms with Crippen molar-refractivity contribution < 1.29 is 15.0 Å². The first-order chi connectivity index (χ1) is 9.06. The molecule has 102 valence electrons. The van der Waals surface area contributed by atoms with Crippen molar-refractivity contribution in [3.05, 3.63) is 34.0 Å². The number of nitrogens with one attached hydrogen (secondary N) is 1. The minimum atomic E-state index is -0.250. The Labute approximate surface area is 114 Å². The molecule has 2 rings (SSSR count). The molecule has 0 unspecified atom stereocenters. The maximum Gasteiger partial charge on any atom is 0.290 e. The number of para-hydroxylation sites is 1. The standard InChI is InChI=1S/C12H13NO2S.CH2O2/c1-3-16-12-7(2)11(15)8-5-4-6-9(14)10(8)13-12;2-1-3/h4-6,14H,3H2,1-2H3,(H,13,15);1H,(H,2,3). The van der Waals surface area contributed by atoms with Gasteiger partial charge in [-0.2, -0.15) is 0 Å². The van der Waals surface area contributed by atoms with E-state index < -0.39 is 0 Å². The van der Waals surface area contributed by atoms with Gasteiger partial charge in [-0.15, -0.1) is 11.8 Å². The summed E-state index contributed by atoms with van der Waals surface area (Å²) in [6, 6.07) is 4.98. The summed E-state index contributed by atoms with van der Waals surface area (Å²) in [5.74, 6) is 1.00. The van der Waals surface area contributed by atoms with E-state index in [2.05, 4.69) is 4.98 Å². The molecule has 0 saturated heterocycles. The maximum atomic E-state index is 12.0. The molecule has 0 aliphatic rings. The average Bonchev–Trinajstić information content (AvgIpc) is 2.38. The fraction of sp³-hybridized carbons (Fsp3) is 0.231. The summed E-state index contributed by atoms with van der Waals surface area (Å²) in [7, 11) is 0. The quantitative estimate of drug-likeness (QED) is 0.580. The zero-order chi connectivity index (χ0) is 14.4. The molecule has 0 saturated carbocycles. The third-order valence-corrected chi connectivity index (χ3v) is 3.48. The third kappa shape index (κ3) is 3.29. The van der Waals surface area contributed by atoms with Gasteiger partial charge in [-0.25, -0.2) is 0 Å². The number of aromatic amines is 1. The highest BCUT2D eigenvalue weighted by Crippen LogP contribution is 2.25. The van der Waals surface area contributed by atoms with Crippen LogP contribution in [-0.4, -0.2) is 27.4 Å². The number of hydrogen-bond donors (Lipinski definition) is 3.